The average Bonchev–Trinajstić information content (AvgIpc) is 3.11. The highest BCUT2D eigenvalue weighted by molar-refractivity contribution is 5.76. The molecule has 1 fully saturated rings. The number of amides is 1. The first-order valence-corrected chi connectivity index (χ1v) is 20.8. The number of unbranched alkanes of at least 4 members (excludes halogenated alkanes) is 23. The highest BCUT2D eigenvalue weighted by Gasteiger charge is 2.44. The van der Waals surface area contributed by atoms with Gasteiger partial charge in [0.2, 0.25) is 5.91 Å². The Morgan fingerprint density at radius 1 is 0.620 bits per heavy atom. The molecule has 0 radical (unpaired) electrons. The van der Waals surface area contributed by atoms with Gasteiger partial charge >= 0.3 is 0 Å². The first kappa shape index (κ1) is 47.2. The summed E-state index contributed by atoms with van der Waals surface area (Å²) in [4.78, 5) is 12.9. The zero-order valence-electron chi connectivity index (χ0n) is 32.0. The molecule has 0 saturated carbocycles. The van der Waals surface area contributed by atoms with Gasteiger partial charge in [0.1, 0.15) is 30.5 Å². The van der Waals surface area contributed by atoms with Crippen LogP contribution in [0.2, 0.25) is 0 Å². The summed E-state index contributed by atoms with van der Waals surface area (Å²) < 4.78 is 11.1. The van der Waals surface area contributed by atoms with E-state index in [4.69, 9.17) is 9.47 Å². The van der Waals surface area contributed by atoms with E-state index in [-0.39, 0.29) is 18.9 Å². The lowest BCUT2D eigenvalue weighted by atomic mass is 9.98. The number of hydrogen-bond donors (Lipinski definition) is 7. The van der Waals surface area contributed by atoms with Crippen LogP contribution in [0.3, 0.4) is 0 Å². The molecule has 0 bridgehead atoms. The first-order chi connectivity index (χ1) is 24.3. The normalized spacial score (nSPS) is 22.8. The molecule has 298 valence electrons. The van der Waals surface area contributed by atoms with Crippen molar-refractivity contribution in [2.24, 2.45) is 0 Å². The standard InChI is InChI=1S/C40H79NO9/c1-3-5-7-9-11-13-15-17-19-21-23-25-27-29-35(44)41-32(31-49-40-39(48)38(47)37(46)34(30-42)50-40)36(45)33(43)28-26-24-22-20-18-16-14-12-10-8-6-4-2/h32-34,36-40,42-43,45-48H,3-31H2,1-2H3,(H,41,44)/t32-,33+,34+,36-,37-,38-,39+,40-/m0/s1. The summed E-state index contributed by atoms with van der Waals surface area (Å²) in [5, 5.41) is 64.9. The number of rotatable bonds is 34. The molecular formula is C40H79NO9. The van der Waals surface area contributed by atoms with Crippen molar-refractivity contribution in [3.8, 4) is 0 Å². The van der Waals surface area contributed by atoms with Gasteiger partial charge in [0.25, 0.3) is 0 Å². The number of aliphatic hydroxyl groups is 6. The largest absolute Gasteiger partial charge is 0.394 e. The van der Waals surface area contributed by atoms with Crippen LogP contribution in [-0.4, -0.2) is 98.7 Å². The number of ether oxygens (including phenoxy) is 2. The van der Waals surface area contributed by atoms with Gasteiger partial charge in [-0.1, -0.05) is 168 Å². The molecule has 1 saturated heterocycles. The molecule has 1 aliphatic rings. The summed E-state index contributed by atoms with van der Waals surface area (Å²) >= 11 is 0. The Kier molecular flexibility index (Phi) is 29.9. The van der Waals surface area contributed by atoms with Crippen LogP contribution < -0.4 is 5.32 Å². The molecule has 0 aliphatic carbocycles. The molecule has 0 aromatic carbocycles. The molecular weight excluding hydrogens is 638 g/mol. The highest BCUT2D eigenvalue weighted by Crippen LogP contribution is 2.23. The number of carbonyl (C=O) groups excluding carboxylic acids is 1. The van der Waals surface area contributed by atoms with Gasteiger partial charge in [0.05, 0.1) is 25.4 Å². The third-order valence-electron chi connectivity index (χ3n) is 10.3. The third kappa shape index (κ3) is 22.3. The molecule has 0 aromatic heterocycles. The van der Waals surface area contributed by atoms with Crippen molar-refractivity contribution in [1.29, 1.82) is 0 Å². The van der Waals surface area contributed by atoms with Crippen LogP contribution in [0.4, 0.5) is 0 Å². The Hall–Kier alpha value is -0.850. The molecule has 1 amide bonds. The highest BCUT2D eigenvalue weighted by atomic mass is 16.7. The van der Waals surface area contributed by atoms with Gasteiger partial charge < -0.3 is 45.4 Å². The van der Waals surface area contributed by atoms with Crippen molar-refractivity contribution in [3.63, 3.8) is 0 Å². The summed E-state index contributed by atoms with van der Waals surface area (Å²) in [5.41, 5.74) is 0. The van der Waals surface area contributed by atoms with Gasteiger partial charge in [-0.2, -0.15) is 0 Å². The molecule has 10 heteroatoms. The Bertz CT molecular complexity index is 773. The maximum Gasteiger partial charge on any atom is 0.220 e. The number of carbonyl (C=O) groups is 1. The van der Waals surface area contributed by atoms with Crippen LogP contribution in [0.5, 0.6) is 0 Å². The summed E-state index contributed by atoms with van der Waals surface area (Å²) in [6.45, 7) is 3.58. The summed E-state index contributed by atoms with van der Waals surface area (Å²) in [5.74, 6) is -0.257. The lowest BCUT2D eigenvalue weighted by molar-refractivity contribution is -0.303. The second-order valence-electron chi connectivity index (χ2n) is 14.9. The molecule has 0 aromatic rings. The minimum atomic E-state index is -1.60. The van der Waals surface area contributed by atoms with Crippen LogP contribution in [0.25, 0.3) is 0 Å². The fourth-order valence-electron chi connectivity index (χ4n) is 6.84. The quantitative estimate of drug-likeness (QED) is 0.0364. The van der Waals surface area contributed by atoms with Gasteiger partial charge in [-0.05, 0) is 12.8 Å². The zero-order valence-corrected chi connectivity index (χ0v) is 32.0. The molecule has 0 spiro atoms. The van der Waals surface area contributed by atoms with Crippen LogP contribution in [-0.2, 0) is 14.3 Å². The van der Waals surface area contributed by atoms with Gasteiger partial charge in [-0.15, -0.1) is 0 Å². The molecule has 10 nitrogen and oxygen atoms in total. The van der Waals surface area contributed by atoms with E-state index in [1.807, 2.05) is 0 Å². The second kappa shape index (κ2) is 31.7. The second-order valence-corrected chi connectivity index (χ2v) is 14.9. The Balaban J connectivity index is 2.46. The number of aliphatic hydroxyl groups excluding tert-OH is 6. The van der Waals surface area contributed by atoms with Gasteiger partial charge in [-0.3, -0.25) is 4.79 Å². The van der Waals surface area contributed by atoms with E-state index >= 15 is 0 Å². The van der Waals surface area contributed by atoms with E-state index in [1.165, 1.54) is 116 Å². The van der Waals surface area contributed by atoms with E-state index in [2.05, 4.69) is 19.2 Å². The average molecular weight is 718 g/mol. The fourth-order valence-corrected chi connectivity index (χ4v) is 6.84. The van der Waals surface area contributed by atoms with Gasteiger partial charge in [-0.25, -0.2) is 0 Å². The molecule has 1 heterocycles. The third-order valence-corrected chi connectivity index (χ3v) is 10.3. The van der Waals surface area contributed by atoms with E-state index in [1.54, 1.807) is 0 Å². The fraction of sp³-hybridized carbons (Fsp3) is 0.975. The predicted molar refractivity (Wildman–Crippen MR) is 200 cm³/mol. The number of nitrogens with one attached hydrogen (secondary N) is 1. The summed E-state index contributed by atoms with van der Waals surface area (Å²) in [6.07, 6.45) is 21.1. The van der Waals surface area contributed by atoms with Crippen LogP contribution in [0, 0.1) is 0 Å². The van der Waals surface area contributed by atoms with Crippen molar-refractivity contribution in [3.05, 3.63) is 0 Å². The van der Waals surface area contributed by atoms with Crippen molar-refractivity contribution in [2.45, 2.75) is 236 Å². The van der Waals surface area contributed by atoms with Crippen molar-refractivity contribution in [2.75, 3.05) is 13.2 Å². The molecule has 0 unspecified atom stereocenters. The zero-order chi connectivity index (χ0) is 36.8. The van der Waals surface area contributed by atoms with Crippen LogP contribution in [0.1, 0.15) is 187 Å². The minimum absolute atomic E-state index is 0.257. The number of hydrogen-bond acceptors (Lipinski definition) is 9. The topological polar surface area (TPSA) is 169 Å². The first-order valence-electron chi connectivity index (χ1n) is 20.8. The van der Waals surface area contributed by atoms with E-state index in [0.29, 0.717) is 6.42 Å². The lowest BCUT2D eigenvalue weighted by Gasteiger charge is -2.40. The molecule has 1 rings (SSSR count). The Morgan fingerprint density at radius 2 is 1.04 bits per heavy atom. The maximum atomic E-state index is 12.9. The van der Waals surface area contributed by atoms with Crippen LogP contribution >= 0.6 is 0 Å². The molecule has 1 aliphatic heterocycles. The van der Waals surface area contributed by atoms with Crippen molar-refractivity contribution < 1.29 is 44.9 Å². The van der Waals surface area contributed by atoms with Gasteiger partial charge in [0, 0.05) is 6.42 Å². The summed E-state index contributed by atoms with van der Waals surface area (Å²) in [6, 6.07) is -0.982. The van der Waals surface area contributed by atoms with E-state index in [9.17, 15) is 35.4 Å². The van der Waals surface area contributed by atoms with E-state index < -0.39 is 55.6 Å². The van der Waals surface area contributed by atoms with Crippen molar-refractivity contribution >= 4 is 5.91 Å². The minimum Gasteiger partial charge on any atom is -0.394 e. The van der Waals surface area contributed by atoms with Gasteiger partial charge in [0.15, 0.2) is 6.29 Å². The monoisotopic (exact) mass is 718 g/mol. The Labute approximate surface area is 305 Å². The maximum absolute atomic E-state index is 12.9. The Morgan fingerprint density at radius 3 is 1.48 bits per heavy atom. The molecule has 50 heavy (non-hydrogen) atoms. The lowest BCUT2D eigenvalue weighted by Crippen LogP contribution is -2.60. The van der Waals surface area contributed by atoms with Crippen molar-refractivity contribution in [1.82, 2.24) is 5.32 Å². The van der Waals surface area contributed by atoms with E-state index in [0.717, 1.165) is 44.9 Å². The summed E-state index contributed by atoms with van der Waals surface area (Å²) in [7, 11) is 0. The molecule has 7 N–H and O–H groups in total. The SMILES string of the molecule is CCCCCCCCCCCCCCCC(=O)N[C@@H](CO[C@H]1O[C@H](CO)[C@H](O)[C@H](O)[C@H]1O)[C@H](O)[C@H](O)CCCCCCCCCCCCCC. The molecule has 8 atom stereocenters. The van der Waals surface area contributed by atoms with Crippen LogP contribution in [0.15, 0.2) is 0 Å². The smallest absolute Gasteiger partial charge is 0.220 e. The predicted octanol–water partition coefficient (Wildman–Crippen LogP) is 6.58.